The van der Waals surface area contributed by atoms with Gasteiger partial charge in [-0.1, -0.05) is 12.1 Å². The third-order valence-electron chi connectivity index (χ3n) is 2.53. The molecule has 0 fully saturated rings. The summed E-state index contributed by atoms with van der Waals surface area (Å²) >= 11 is 0. The van der Waals surface area contributed by atoms with Gasteiger partial charge < -0.3 is 10.5 Å². The second kappa shape index (κ2) is 5.54. The number of para-hydroxylation sites is 1. The average Bonchev–Trinajstić information content (AvgIpc) is 2.84. The van der Waals surface area contributed by atoms with Gasteiger partial charge in [-0.3, -0.25) is 0 Å². The van der Waals surface area contributed by atoms with Gasteiger partial charge in [-0.25, -0.2) is 4.68 Å². The van der Waals surface area contributed by atoms with Gasteiger partial charge in [0.05, 0.1) is 23.6 Å². The lowest BCUT2D eigenvalue weighted by molar-refractivity contribution is -0.137. The standard InChI is InChI=1S/C13H14F3N3O/c1-9(17)8-20-10-6-18-19(7-10)12-5-3-2-4-11(12)13(14,15)16/h2-7,9H,8,17H2,1H3. The third kappa shape index (κ3) is 3.30. The molecule has 2 rings (SSSR count). The Hall–Kier alpha value is -2.02. The lowest BCUT2D eigenvalue weighted by Crippen LogP contribution is -2.23. The van der Waals surface area contributed by atoms with E-state index < -0.39 is 11.7 Å². The Balaban J connectivity index is 2.29. The molecule has 0 aliphatic rings. The van der Waals surface area contributed by atoms with E-state index in [-0.39, 0.29) is 18.3 Å². The first-order valence-electron chi connectivity index (χ1n) is 5.97. The van der Waals surface area contributed by atoms with Crippen LogP contribution in [-0.2, 0) is 6.18 Å². The Bertz CT molecular complexity index is 578. The van der Waals surface area contributed by atoms with Gasteiger partial charge in [0.25, 0.3) is 0 Å². The van der Waals surface area contributed by atoms with Gasteiger partial charge in [0.2, 0.25) is 0 Å². The van der Waals surface area contributed by atoms with Gasteiger partial charge in [0.1, 0.15) is 6.61 Å². The number of hydrogen-bond donors (Lipinski definition) is 1. The van der Waals surface area contributed by atoms with Gasteiger partial charge in [-0.2, -0.15) is 18.3 Å². The topological polar surface area (TPSA) is 53.1 Å². The number of halogens is 3. The number of benzene rings is 1. The molecular formula is C13H14F3N3O. The maximum absolute atomic E-state index is 12.9. The molecule has 0 aliphatic carbocycles. The van der Waals surface area contributed by atoms with Crippen molar-refractivity contribution in [1.29, 1.82) is 0 Å². The summed E-state index contributed by atoms with van der Waals surface area (Å²) in [5.41, 5.74) is 4.74. The molecule has 1 heterocycles. The molecule has 0 saturated carbocycles. The second-order valence-electron chi connectivity index (χ2n) is 4.42. The number of aromatic nitrogens is 2. The predicted octanol–water partition coefficient (Wildman–Crippen LogP) is 2.62. The fraction of sp³-hybridized carbons (Fsp3) is 0.308. The number of rotatable bonds is 4. The van der Waals surface area contributed by atoms with Crippen LogP contribution in [0.25, 0.3) is 5.69 Å². The lowest BCUT2D eigenvalue weighted by Gasteiger charge is -2.12. The molecule has 2 aromatic rings. The normalized spacial score (nSPS) is 13.2. The van der Waals surface area contributed by atoms with Gasteiger partial charge in [0, 0.05) is 6.04 Å². The van der Waals surface area contributed by atoms with E-state index in [2.05, 4.69) is 5.10 Å². The molecule has 108 valence electrons. The van der Waals surface area contributed by atoms with Crippen LogP contribution in [0.3, 0.4) is 0 Å². The zero-order chi connectivity index (χ0) is 14.8. The zero-order valence-corrected chi connectivity index (χ0v) is 10.8. The minimum Gasteiger partial charge on any atom is -0.489 e. The van der Waals surface area contributed by atoms with E-state index in [0.717, 1.165) is 10.7 Å². The van der Waals surface area contributed by atoms with Crippen LogP contribution < -0.4 is 10.5 Å². The van der Waals surface area contributed by atoms with Gasteiger partial charge in [-0.05, 0) is 19.1 Å². The van der Waals surface area contributed by atoms with E-state index in [1.165, 1.54) is 30.6 Å². The zero-order valence-electron chi connectivity index (χ0n) is 10.8. The fourth-order valence-electron chi connectivity index (χ4n) is 1.65. The van der Waals surface area contributed by atoms with Crippen molar-refractivity contribution >= 4 is 0 Å². The first-order valence-corrected chi connectivity index (χ1v) is 5.97. The molecule has 1 atom stereocenters. The van der Waals surface area contributed by atoms with E-state index in [9.17, 15) is 13.2 Å². The molecule has 0 radical (unpaired) electrons. The van der Waals surface area contributed by atoms with Crippen LogP contribution in [0.1, 0.15) is 12.5 Å². The molecule has 1 aromatic carbocycles. The maximum Gasteiger partial charge on any atom is 0.418 e. The molecule has 2 N–H and O–H groups in total. The minimum atomic E-state index is -4.44. The summed E-state index contributed by atoms with van der Waals surface area (Å²) in [4.78, 5) is 0. The van der Waals surface area contributed by atoms with E-state index in [0.29, 0.717) is 5.75 Å². The van der Waals surface area contributed by atoms with Crippen LogP contribution in [0.15, 0.2) is 36.7 Å². The maximum atomic E-state index is 12.9. The highest BCUT2D eigenvalue weighted by Gasteiger charge is 2.33. The summed E-state index contributed by atoms with van der Waals surface area (Å²) in [5, 5.41) is 3.89. The molecule has 7 heteroatoms. The number of ether oxygens (including phenoxy) is 1. The van der Waals surface area contributed by atoms with Crippen LogP contribution >= 0.6 is 0 Å². The summed E-state index contributed by atoms with van der Waals surface area (Å²) in [5.74, 6) is 0.374. The first-order chi connectivity index (χ1) is 9.38. The molecule has 0 spiro atoms. The van der Waals surface area contributed by atoms with E-state index in [1.807, 2.05) is 0 Å². The average molecular weight is 285 g/mol. The lowest BCUT2D eigenvalue weighted by atomic mass is 10.2. The Kier molecular flexibility index (Phi) is 3.99. The highest BCUT2D eigenvalue weighted by molar-refractivity contribution is 5.42. The van der Waals surface area contributed by atoms with Crippen molar-refractivity contribution in [3.63, 3.8) is 0 Å². The van der Waals surface area contributed by atoms with Crippen molar-refractivity contribution in [3.8, 4) is 11.4 Å². The molecule has 0 bridgehead atoms. The summed E-state index contributed by atoms with van der Waals surface area (Å²) in [6.07, 6.45) is -1.68. The van der Waals surface area contributed by atoms with Crippen molar-refractivity contribution in [2.45, 2.75) is 19.1 Å². The minimum absolute atomic E-state index is 0.0457. The smallest absolute Gasteiger partial charge is 0.418 e. The van der Waals surface area contributed by atoms with Gasteiger partial charge in [0.15, 0.2) is 5.75 Å². The van der Waals surface area contributed by atoms with Crippen LogP contribution in [0, 0.1) is 0 Å². The van der Waals surface area contributed by atoms with E-state index in [1.54, 1.807) is 6.92 Å². The van der Waals surface area contributed by atoms with Crippen molar-refractivity contribution < 1.29 is 17.9 Å². The van der Waals surface area contributed by atoms with Crippen molar-refractivity contribution in [2.24, 2.45) is 5.73 Å². The van der Waals surface area contributed by atoms with Crippen LogP contribution in [0.4, 0.5) is 13.2 Å². The molecule has 20 heavy (non-hydrogen) atoms. The van der Waals surface area contributed by atoms with Crippen molar-refractivity contribution in [1.82, 2.24) is 9.78 Å². The predicted molar refractivity (Wildman–Crippen MR) is 67.7 cm³/mol. The number of hydrogen-bond acceptors (Lipinski definition) is 3. The van der Waals surface area contributed by atoms with Crippen LogP contribution in [-0.4, -0.2) is 22.4 Å². The van der Waals surface area contributed by atoms with Crippen molar-refractivity contribution in [2.75, 3.05) is 6.61 Å². The van der Waals surface area contributed by atoms with Crippen LogP contribution in [0.2, 0.25) is 0 Å². The highest BCUT2D eigenvalue weighted by Crippen LogP contribution is 2.33. The Morgan fingerprint density at radius 3 is 2.70 bits per heavy atom. The number of alkyl halides is 3. The summed E-state index contributed by atoms with van der Waals surface area (Å²) in [7, 11) is 0. The molecule has 1 unspecified atom stereocenters. The quantitative estimate of drug-likeness (QED) is 0.939. The number of nitrogens with two attached hydrogens (primary N) is 1. The summed E-state index contributed by atoms with van der Waals surface area (Å²) in [6.45, 7) is 2.04. The first kappa shape index (κ1) is 14.4. The fourth-order valence-corrected chi connectivity index (χ4v) is 1.65. The molecular weight excluding hydrogens is 271 g/mol. The molecule has 1 aromatic heterocycles. The SMILES string of the molecule is CC(N)COc1cnn(-c2ccccc2C(F)(F)F)c1. The number of nitrogens with zero attached hydrogens (tertiary/aromatic N) is 2. The summed E-state index contributed by atoms with van der Waals surface area (Å²) < 4.78 is 45.2. The Morgan fingerprint density at radius 2 is 2.05 bits per heavy atom. The van der Waals surface area contributed by atoms with Gasteiger partial charge in [-0.15, -0.1) is 0 Å². The summed E-state index contributed by atoms with van der Waals surface area (Å²) in [6, 6.07) is 5.06. The molecule has 0 amide bonds. The molecule has 4 nitrogen and oxygen atoms in total. The van der Waals surface area contributed by atoms with Gasteiger partial charge >= 0.3 is 6.18 Å². The molecule has 0 saturated heterocycles. The highest BCUT2D eigenvalue weighted by atomic mass is 19.4. The Labute approximate surface area is 114 Å². The van der Waals surface area contributed by atoms with Crippen molar-refractivity contribution in [3.05, 3.63) is 42.2 Å². The van der Waals surface area contributed by atoms with E-state index in [4.69, 9.17) is 10.5 Å². The largest absolute Gasteiger partial charge is 0.489 e. The monoisotopic (exact) mass is 285 g/mol. The van der Waals surface area contributed by atoms with Crippen LogP contribution in [0.5, 0.6) is 5.75 Å². The third-order valence-corrected chi connectivity index (χ3v) is 2.53. The van der Waals surface area contributed by atoms with E-state index >= 15 is 0 Å². The molecule has 0 aliphatic heterocycles. The second-order valence-corrected chi connectivity index (χ2v) is 4.42. The Morgan fingerprint density at radius 1 is 1.35 bits per heavy atom.